The number of ether oxygens (including phenoxy) is 2. The molecule has 5 atom stereocenters. The fraction of sp³-hybridized carbons (Fsp3) is 0.500. The van der Waals surface area contributed by atoms with Gasteiger partial charge in [0.1, 0.15) is 5.82 Å². The Morgan fingerprint density at radius 2 is 2.14 bits per heavy atom. The van der Waals surface area contributed by atoms with Crippen LogP contribution in [-0.2, 0) is 19.8 Å². The molecule has 3 N–H and O–H groups in total. The van der Waals surface area contributed by atoms with Gasteiger partial charge in [0.2, 0.25) is 5.88 Å². The minimum absolute atomic E-state index is 0.0859. The van der Waals surface area contributed by atoms with Crippen LogP contribution >= 0.6 is 11.8 Å². The van der Waals surface area contributed by atoms with E-state index >= 15 is 4.39 Å². The second kappa shape index (κ2) is 8.70. The highest BCUT2D eigenvalue weighted by Gasteiger charge is 2.66. The van der Waals surface area contributed by atoms with Gasteiger partial charge < -0.3 is 25.2 Å². The summed E-state index contributed by atoms with van der Waals surface area (Å²) in [5, 5.41) is 9.94. The fourth-order valence-corrected chi connectivity index (χ4v) is 6.02. The predicted molar refractivity (Wildman–Crippen MR) is 123 cm³/mol. The van der Waals surface area contributed by atoms with Crippen molar-refractivity contribution in [3.8, 4) is 0 Å². The molecule has 190 valence electrons. The zero-order chi connectivity index (χ0) is 25.8. The van der Waals surface area contributed by atoms with E-state index in [-0.39, 0.29) is 27.1 Å². The van der Waals surface area contributed by atoms with Crippen molar-refractivity contribution in [2.24, 2.45) is 21.6 Å². The number of aliphatic carboxylic acids is 1. The molecule has 2 aliphatic heterocycles. The van der Waals surface area contributed by atoms with Gasteiger partial charge in [-0.2, -0.15) is 13.2 Å². The number of halogens is 4. The quantitative estimate of drug-likeness (QED) is 0.533. The van der Waals surface area contributed by atoms with Crippen molar-refractivity contribution in [2.75, 3.05) is 18.6 Å². The van der Waals surface area contributed by atoms with Crippen LogP contribution in [0.3, 0.4) is 0 Å². The Kier molecular flexibility index (Phi) is 6.29. The lowest BCUT2D eigenvalue weighted by molar-refractivity contribution is -0.203. The minimum Gasteiger partial charge on any atom is -0.479 e. The van der Waals surface area contributed by atoms with E-state index < -0.39 is 41.5 Å². The molecular formula is C22H24F4N4O4S. The molecule has 4 rings (SSSR count). The number of hydrogen-bond acceptors (Lipinski definition) is 8. The lowest BCUT2D eigenvalue weighted by Gasteiger charge is -2.35. The number of nitrogens with zero attached hydrogens (tertiary/aromatic N) is 3. The lowest BCUT2D eigenvalue weighted by Crippen LogP contribution is -2.42. The number of anilines is 1. The average molecular weight is 517 g/mol. The first-order valence-corrected chi connectivity index (χ1v) is 11.5. The zero-order valence-electron chi connectivity index (χ0n) is 19.0. The summed E-state index contributed by atoms with van der Waals surface area (Å²) in [6, 6.07) is 2.59. The third-order valence-corrected chi connectivity index (χ3v) is 7.72. The van der Waals surface area contributed by atoms with E-state index in [2.05, 4.69) is 9.98 Å². The first-order valence-electron chi connectivity index (χ1n) is 10.6. The van der Waals surface area contributed by atoms with Crippen LogP contribution in [0.15, 0.2) is 40.3 Å². The molecule has 1 aromatic rings. The summed E-state index contributed by atoms with van der Waals surface area (Å²) in [5.74, 6) is -2.39. The van der Waals surface area contributed by atoms with Gasteiger partial charge in [0.05, 0.1) is 23.1 Å². The third kappa shape index (κ3) is 4.58. The molecule has 0 radical (unpaired) electrons. The molecule has 0 bridgehead atoms. The molecule has 0 saturated heterocycles. The van der Waals surface area contributed by atoms with Crippen LogP contribution in [0.2, 0.25) is 0 Å². The first-order chi connectivity index (χ1) is 16.3. The summed E-state index contributed by atoms with van der Waals surface area (Å²) in [5.41, 5.74) is 5.44. The number of carboxylic acid groups (broad SMARTS) is 1. The maximum Gasteiger partial charge on any atom is 0.425 e. The second-order valence-corrected chi connectivity index (χ2v) is 10.3. The van der Waals surface area contributed by atoms with Crippen molar-refractivity contribution in [3.63, 3.8) is 0 Å². The number of nitrogens with two attached hydrogens (primary N) is 1. The Bertz CT molecular complexity index is 1130. The first kappa shape index (κ1) is 25.3. The number of fused-ring (bicyclic) bond motifs is 1. The number of rotatable bonds is 7. The molecule has 35 heavy (non-hydrogen) atoms. The topological polar surface area (TPSA) is 110 Å². The zero-order valence-corrected chi connectivity index (χ0v) is 19.9. The van der Waals surface area contributed by atoms with Crippen molar-refractivity contribution >= 4 is 34.8 Å². The SMILES string of the molecule is COC[C@]12C[C@H]1[C@@](C)(c1cc(N3C=C(OC(C)C(F)(F)F)N=CC3C(=O)O)ccc1F)N=C(N)S2. The molecule has 0 aromatic heterocycles. The van der Waals surface area contributed by atoms with E-state index in [1.54, 1.807) is 14.0 Å². The molecule has 2 heterocycles. The lowest BCUT2D eigenvalue weighted by atomic mass is 9.85. The van der Waals surface area contributed by atoms with Gasteiger partial charge in [-0.1, -0.05) is 11.8 Å². The highest BCUT2D eigenvalue weighted by atomic mass is 32.2. The molecule has 1 aliphatic carbocycles. The molecule has 1 fully saturated rings. The highest BCUT2D eigenvalue weighted by molar-refractivity contribution is 8.15. The van der Waals surface area contributed by atoms with Crippen LogP contribution in [0.1, 0.15) is 25.8 Å². The number of alkyl halides is 3. The van der Waals surface area contributed by atoms with E-state index in [0.29, 0.717) is 13.0 Å². The monoisotopic (exact) mass is 516 g/mol. The van der Waals surface area contributed by atoms with Crippen molar-refractivity contribution in [3.05, 3.63) is 41.7 Å². The van der Waals surface area contributed by atoms with Gasteiger partial charge in [0.15, 0.2) is 17.3 Å². The highest BCUT2D eigenvalue weighted by Crippen LogP contribution is 2.66. The van der Waals surface area contributed by atoms with Crippen LogP contribution in [0.5, 0.6) is 0 Å². The van der Waals surface area contributed by atoms with E-state index in [1.807, 2.05) is 0 Å². The summed E-state index contributed by atoms with van der Waals surface area (Å²) in [7, 11) is 1.57. The van der Waals surface area contributed by atoms with E-state index in [9.17, 15) is 23.1 Å². The fourth-order valence-electron chi connectivity index (χ4n) is 4.57. The minimum atomic E-state index is -4.64. The molecule has 0 spiro atoms. The Balaban J connectivity index is 1.73. The maximum atomic E-state index is 15.2. The van der Waals surface area contributed by atoms with Crippen molar-refractivity contribution in [1.82, 2.24) is 0 Å². The second-order valence-electron chi connectivity index (χ2n) is 8.86. The number of aliphatic imine (C=N–C) groups is 2. The predicted octanol–water partition coefficient (Wildman–Crippen LogP) is 3.62. The van der Waals surface area contributed by atoms with Crippen LogP contribution in [0.25, 0.3) is 0 Å². The summed E-state index contributed by atoms with van der Waals surface area (Å²) in [4.78, 5) is 21.3. The van der Waals surface area contributed by atoms with E-state index in [1.165, 1.54) is 34.9 Å². The molecular weight excluding hydrogens is 492 g/mol. The van der Waals surface area contributed by atoms with Gasteiger partial charge in [0, 0.05) is 30.5 Å². The van der Waals surface area contributed by atoms with Gasteiger partial charge in [-0.25, -0.2) is 14.2 Å². The van der Waals surface area contributed by atoms with Crippen LogP contribution < -0.4 is 10.6 Å². The molecule has 8 nitrogen and oxygen atoms in total. The molecule has 0 amide bonds. The normalized spacial score (nSPS) is 30.8. The van der Waals surface area contributed by atoms with Crippen LogP contribution in [0.4, 0.5) is 23.2 Å². The van der Waals surface area contributed by atoms with Crippen molar-refractivity contribution in [2.45, 2.75) is 48.9 Å². The standard InChI is InChI=1S/C22H24F4N4O4S/c1-11(22(24,25)26)34-17-9-30(15(8-28-17)18(31)32)12-4-5-14(23)13(6-12)20(2)16-7-21(16,10-33-3)35-19(27)29-20/h4-6,8-9,11,15-16H,7,10H2,1-3H3,(H2,27,29)(H,31,32)/t11?,15?,16-,20+,21+/m0/s1. The number of methoxy groups -OCH3 is 1. The van der Waals surface area contributed by atoms with Crippen LogP contribution in [0, 0.1) is 11.7 Å². The Morgan fingerprint density at radius 3 is 2.77 bits per heavy atom. The summed E-state index contributed by atoms with van der Waals surface area (Å²) < 4.78 is 63.9. The Morgan fingerprint density at radius 1 is 1.43 bits per heavy atom. The smallest absolute Gasteiger partial charge is 0.425 e. The van der Waals surface area contributed by atoms with Gasteiger partial charge in [-0.15, -0.1) is 0 Å². The molecule has 1 aromatic carbocycles. The Hall–Kier alpha value is -2.80. The van der Waals surface area contributed by atoms with Crippen molar-refractivity contribution < 1.29 is 36.9 Å². The van der Waals surface area contributed by atoms with E-state index in [0.717, 1.165) is 19.3 Å². The van der Waals surface area contributed by atoms with Gasteiger partial charge in [-0.3, -0.25) is 4.99 Å². The Labute approximate surface area is 202 Å². The average Bonchev–Trinajstić information content (AvgIpc) is 3.48. The summed E-state index contributed by atoms with van der Waals surface area (Å²) in [6.45, 7) is 2.97. The number of amidine groups is 1. The number of benzene rings is 1. The summed E-state index contributed by atoms with van der Waals surface area (Å²) >= 11 is 1.39. The van der Waals surface area contributed by atoms with Crippen LogP contribution in [-0.4, -0.2) is 59.2 Å². The molecule has 13 heteroatoms. The molecule has 2 unspecified atom stereocenters. The van der Waals surface area contributed by atoms with Gasteiger partial charge in [-0.05, 0) is 38.5 Å². The van der Waals surface area contributed by atoms with Crippen molar-refractivity contribution in [1.29, 1.82) is 0 Å². The number of carboxylic acids is 1. The largest absolute Gasteiger partial charge is 0.479 e. The number of carbonyl (C=O) groups is 1. The molecule has 1 saturated carbocycles. The van der Waals surface area contributed by atoms with Gasteiger partial charge in [0.25, 0.3) is 0 Å². The van der Waals surface area contributed by atoms with Gasteiger partial charge >= 0.3 is 12.1 Å². The summed E-state index contributed by atoms with van der Waals surface area (Å²) in [6.07, 6.45) is -4.10. The molecule has 3 aliphatic rings. The number of hydrogen-bond donors (Lipinski definition) is 2. The van der Waals surface area contributed by atoms with E-state index in [4.69, 9.17) is 15.2 Å². The maximum absolute atomic E-state index is 15.2. The third-order valence-electron chi connectivity index (χ3n) is 6.44. The number of thioether (sulfide) groups is 1.